The van der Waals surface area contributed by atoms with E-state index in [-0.39, 0.29) is 6.10 Å². The fourth-order valence-corrected chi connectivity index (χ4v) is 2.85. The van der Waals surface area contributed by atoms with Crippen LogP contribution in [0.1, 0.15) is 43.8 Å². The molecule has 0 aliphatic heterocycles. The zero-order valence-electron chi connectivity index (χ0n) is 7.78. The molecule has 1 aromatic heterocycles. The average molecular weight is 196 g/mol. The van der Waals surface area contributed by atoms with Gasteiger partial charge in [0.05, 0.1) is 6.10 Å². The molecule has 0 bridgehead atoms. The Hall–Kier alpha value is -0.340. The normalized spacial score (nSPS) is 21.6. The molecule has 1 aliphatic carbocycles. The van der Waals surface area contributed by atoms with E-state index in [1.54, 1.807) is 11.3 Å². The first-order valence-corrected chi connectivity index (χ1v) is 6.02. The third-order valence-electron chi connectivity index (χ3n) is 2.98. The summed E-state index contributed by atoms with van der Waals surface area (Å²) in [6.07, 6.45) is 6.16. The summed E-state index contributed by atoms with van der Waals surface area (Å²) in [7, 11) is 0. The van der Waals surface area contributed by atoms with Crippen LogP contribution in [0, 0.1) is 5.92 Å². The van der Waals surface area contributed by atoms with E-state index in [4.69, 9.17) is 0 Å². The van der Waals surface area contributed by atoms with Crippen molar-refractivity contribution in [3.63, 3.8) is 0 Å². The molecular formula is C11H16OS. The van der Waals surface area contributed by atoms with Crippen molar-refractivity contribution < 1.29 is 5.11 Å². The lowest BCUT2D eigenvalue weighted by atomic mass is 9.83. The van der Waals surface area contributed by atoms with Gasteiger partial charge in [-0.25, -0.2) is 0 Å². The van der Waals surface area contributed by atoms with Crippen LogP contribution in [0.25, 0.3) is 0 Å². The largest absolute Gasteiger partial charge is 0.388 e. The summed E-state index contributed by atoms with van der Waals surface area (Å²) in [6.45, 7) is 0. The second-order valence-electron chi connectivity index (χ2n) is 3.90. The lowest BCUT2D eigenvalue weighted by molar-refractivity contribution is 0.0852. The maximum atomic E-state index is 10.0. The number of hydrogen-bond donors (Lipinski definition) is 1. The van der Waals surface area contributed by atoms with Gasteiger partial charge in [-0.2, -0.15) is 11.3 Å². The Morgan fingerprint density at radius 2 is 2.08 bits per heavy atom. The predicted molar refractivity (Wildman–Crippen MR) is 55.9 cm³/mol. The summed E-state index contributed by atoms with van der Waals surface area (Å²) >= 11 is 1.67. The molecule has 0 amide bonds. The molecule has 0 radical (unpaired) electrons. The van der Waals surface area contributed by atoms with Gasteiger partial charge in [0.1, 0.15) is 0 Å². The highest BCUT2D eigenvalue weighted by molar-refractivity contribution is 7.07. The summed E-state index contributed by atoms with van der Waals surface area (Å²) in [4.78, 5) is 0. The van der Waals surface area contributed by atoms with Gasteiger partial charge in [0.15, 0.2) is 0 Å². The van der Waals surface area contributed by atoms with Crippen molar-refractivity contribution in [2.45, 2.75) is 38.2 Å². The minimum Gasteiger partial charge on any atom is -0.388 e. The standard InChI is InChI=1S/C11H16OS/c12-11(10-6-7-13-8-10)9-4-2-1-3-5-9/h6-9,11-12H,1-5H2/t11-/m1/s1. The Balaban J connectivity index is 1.99. The number of aliphatic hydroxyl groups is 1. The molecule has 2 rings (SSSR count). The Morgan fingerprint density at radius 3 is 2.69 bits per heavy atom. The molecule has 0 saturated heterocycles. The monoisotopic (exact) mass is 196 g/mol. The molecule has 1 aromatic rings. The molecule has 1 saturated carbocycles. The Bertz CT molecular complexity index is 237. The van der Waals surface area contributed by atoms with Crippen molar-refractivity contribution >= 4 is 11.3 Å². The lowest BCUT2D eigenvalue weighted by Gasteiger charge is -2.25. The summed E-state index contributed by atoms with van der Waals surface area (Å²) < 4.78 is 0. The van der Waals surface area contributed by atoms with Crippen molar-refractivity contribution in [1.29, 1.82) is 0 Å². The van der Waals surface area contributed by atoms with Gasteiger partial charge in [0.2, 0.25) is 0 Å². The molecule has 1 aliphatic rings. The van der Waals surface area contributed by atoms with Crippen molar-refractivity contribution in [3.05, 3.63) is 22.4 Å². The van der Waals surface area contributed by atoms with Gasteiger partial charge in [0, 0.05) is 0 Å². The highest BCUT2D eigenvalue weighted by Gasteiger charge is 2.22. The van der Waals surface area contributed by atoms with Gasteiger partial charge in [-0.15, -0.1) is 0 Å². The zero-order chi connectivity index (χ0) is 9.10. The predicted octanol–water partition coefficient (Wildman–Crippen LogP) is 3.36. The fraction of sp³-hybridized carbons (Fsp3) is 0.636. The first-order chi connectivity index (χ1) is 6.38. The Labute approximate surface area is 83.4 Å². The third kappa shape index (κ3) is 2.12. The molecule has 13 heavy (non-hydrogen) atoms. The smallest absolute Gasteiger partial charge is 0.0826 e. The Kier molecular flexibility index (Phi) is 3.01. The summed E-state index contributed by atoms with van der Waals surface area (Å²) in [5.41, 5.74) is 1.12. The maximum Gasteiger partial charge on any atom is 0.0826 e. The summed E-state index contributed by atoms with van der Waals surface area (Å²) in [5, 5.41) is 14.2. The molecule has 1 nitrogen and oxygen atoms in total. The highest BCUT2D eigenvalue weighted by atomic mass is 32.1. The van der Waals surface area contributed by atoms with Crippen LogP contribution in [0.3, 0.4) is 0 Å². The van der Waals surface area contributed by atoms with E-state index in [1.165, 1.54) is 32.1 Å². The number of aliphatic hydroxyl groups excluding tert-OH is 1. The van der Waals surface area contributed by atoms with Gasteiger partial charge in [0.25, 0.3) is 0 Å². The van der Waals surface area contributed by atoms with E-state index in [2.05, 4.69) is 5.38 Å². The van der Waals surface area contributed by atoms with Crippen LogP contribution in [0.4, 0.5) is 0 Å². The molecule has 2 heteroatoms. The lowest BCUT2D eigenvalue weighted by Crippen LogP contribution is -2.15. The summed E-state index contributed by atoms with van der Waals surface area (Å²) in [6, 6.07) is 2.05. The van der Waals surface area contributed by atoms with Crippen LogP contribution in [0.2, 0.25) is 0 Å². The maximum absolute atomic E-state index is 10.0. The van der Waals surface area contributed by atoms with Gasteiger partial charge in [-0.05, 0) is 41.1 Å². The number of hydrogen-bond acceptors (Lipinski definition) is 2. The highest BCUT2D eigenvalue weighted by Crippen LogP contribution is 2.34. The number of rotatable bonds is 2. The molecule has 1 N–H and O–H groups in total. The van der Waals surface area contributed by atoms with E-state index in [1.807, 2.05) is 11.4 Å². The first kappa shape index (κ1) is 9.22. The van der Waals surface area contributed by atoms with E-state index in [0.29, 0.717) is 5.92 Å². The van der Waals surface area contributed by atoms with Crippen LogP contribution >= 0.6 is 11.3 Å². The molecular weight excluding hydrogens is 180 g/mol. The molecule has 0 aromatic carbocycles. The van der Waals surface area contributed by atoms with Crippen molar-refractivity contribution in [1.82, 2.24) is 0 Å². The van der Waals surface area contributed by atoms with E-state index in [0.717, 1.165) is 5.56 Å². The number of thiophene rings is 1. The Morgan fingerprint density at radius 1 is 1.31 bits per heavy atom. The molecule has 1 atom stereocenters. The van der Waals surface area contributed by atoms with Crippen molar-refractivity contribution in [2.75, 3.05) is 0 Å². The fourth-order valence-electron chi connectivity index (χ4n) is 2.17. The SMILES string of the molecule is O[C@@H](c1ccsc1)C1CCCCC1. The first-order valence-electron chi connectivity index (χ1n) is 5.08. The van der Waals surface area contributed by atoms with Crippen LogP contribution in [-0.2, 0) is 0 Å². The molecule has 72 valence electrons. The minimum absolute atomic E-state index is 0.202. The van der Waals surface area contributed by atoms with Gasteiger partial charge >= 0.3 is 0 Å². The average Bonchev–Trinajstić information content (AvgIpc) is 2.71. The van der Waals surface area contributed by atoms with Crippen molar-refractivity contribution in [2.24, 2.45) is 5.92 Å². The second-order valence-corrected chi connectivity index (χ2v) is 4.68. The second kappa shape index (κ2) is 4.25. The van der Waals surface area contributed by atoms with Gasteiger partial charge in [-0.1, -0.05) is 19.3 Å². The summed E-state index contributed by atoms with van der Waals surface area (Å²) in [5.74, 6) is 0.517. The van der Waals surface area contributed by atoms with Crippen LogP contribution in [0.15, 0.2) is 16.8 Å². The zero-order valence-corrected chi connectivity index (χ0v) is 8.59. The van der Waals surface area contributed by atoms with Gasteiger partial charge < -0.3 is 5.11 Å². The topological polar surface area (TPSA) is 20.2 Å². The van der Waals surface area contributed by atoms with Crippen LogP contribution in [0.5, 0.6) is 0 Å². The van der Waals surface area contributed by atoms with Crippen LogP contribution in [-0.4, -0.2) is 5.11 Å². The molecule has 0 spiro atoms. The molecule has 1 heterocycles. The van der Waals surface area contributed by atoms with Crippen molar-refractivity contribution in [3.8, 4) is 0 Å². The van der Waals surface area contributed by atoms with E-state index in [9.17, 15) is 5.11 Å². The van der Waals surface area contributed by atoms with Crippen LogP contribution < -0.4 is 0 Å². The third-order valence-corrected chi connectivity index (χ3v) is 3.68. The quantitative estimate of drug-likeness (QED) is 0.769. The molecule has 0 unspecified atom stereocenters. The van der Waals surface area contributed by atoms with E-state index >= 15 is 0 Å². The van der Waals surface area contributed by atoms with E-state index < -0.39 is 0 Å². The minimum atomic E-state index is -0.202. The van der Waals surface area contributed by atoms with Gasteiger partial charge in [-0.3, -0.25) is 0 Å². The molecule has 1 fully saturated rings.